The van der Waals surface area contributed by atoms with E-state index in [4.69, 9.17) is 4.74 Å². The van der Waals surface area contributed by atoms with Crippen LogP contribution < -0.4 is 5.32 Å². The zero-order valence-electron chi connectivity index (χ0n) is 12.6. The molecule has 3 aliphatic carbocycles. The van der Waals surface area contributed by atoms with E-state index in [0.717, 1.165) is 12.8 Å². The predicted octanol–water partition coefficient (Wildman–Crippen LogP) is 2.90. The minimum Gasteiger partial charge on any atom is -0.444 e. The van der Waals surface area contributed by atoms with Crippen molar-refractivity contribution in [1.29, 1.82) is 0 Å². The Labute approximate surface area is 115 Å². The first kappa shape index (κ1) is 14.4. The van der Waals surface area contributed by atoms with Crippen molar-refractivity contribution < 1.29 is 14.3 Å². The Kier molecular flexibility index (Phi) is 3.40. The van der Waals surface area contributed by atoms with Crippen LogP contribution in [0.5, 0.6) is 0 Å². The number of nitrogens with one attached hydrogen (secondary N) is 1. The molecule has 2 bridgehead atoms. The maximum absolute atomic E-state index is 12.0. The van der Waals surface area contributed by atoms with Gasteiger partial charge in [0, 0.05) is 18.4 Å². The van der Waals surface area contributed by atoms with Crippen LogP contribution in [0.1, 0.15) is 53.9 Å². The van der Waals surface area contributed by atoms with Gasteiger partial charge in [-0.3, -0.25) is 4.79 Å². The van der Waals surface area contributed by atoms with E-state index in [1.807, 2.05) is 20.8 Å². The summed E-state index contributed by atoms with van der Waals surface area (Å²) in [5, 5.41) is 3.00. The van der Waals surface area contributed by atoms with Gasteiger partial charge in [0.05, 0.1) is 0 Å². The smallest absolute Gasteiger partial charge is 0.407 e. The second-order valence-corrected chi connectivity index (χ2v) is 7.43. The molecule has 3 rings (SSSR count). The van der Waals surface area contributed by atoms with Crippen LogP contribution in [0, 0.1) is 17.3 Å². The molecule has 0 radical (unpaired) electrons. The van der Waals surface area contributed by atoms with E-state index in [9.17, 15) is 9.59 Å². The largest absolute Gasteiger partial charge is 0.444 e. The molecule has 4 heteroatoms. The molecule has 0 saturated heterocycles. The third-order valence-electron chi connectivity index (χ3n) is 4.60. The molecule has 0 unspecified atom stereocenters. The van der Waals surface area contributed by atoms with Gasteiger partial charge in [-0.05, 0) is 44.9 Å². The molecule has 3 saturated carbocycles. The lowest BCUT2D eigenvalue weighted by Crippen LogP contribution is -2.61. The molecule has 3 fully saturated rings. The molecule has 19 heavy (non-hydrogen) atoms. The van der Waals surface area contributed by atoms with Gasteiger partial charge >= 0.3 is 6.09 Å². The zero-order valence-corrected chi connectivity index (χ0v) is 12.6. The van der Waals surface area contributed by atoms with E-state index in [1.165, 1.54) is 0 Å². The van der Waals surface area contributed by atoms with Crippen LogP contribution in [0.15, 0.2) is 0 Å². The molecule has 0 spiro atoms. The van der Waals surface area contributed by atoms with Crippen molar-refractivity contribution in [3.8, 4) is 0 Å². The van der Waals surface area contributed by atoms with Gasteiger partial charge in [0.2, 0.25) is 0 Å². The third kappa shape index (κ3) is 2.77. The molecule has 4 nitrogen and oxygen atoms in total. The average Bonchev–Trinajstić information content (AvgIpc) is 2.20. The van der Waals surface area contributed by atoms with E-state index in [0.29, 0.717) is 12.2 Å². The monoisotopic (exact) mass is 267 g/mol. The third-order valence-corrected chi connectivity index (χ3v) is 4.60. The number of ketones is 1. The lowest BCUT2D eigenvalue weighted by atomic mass is 9.54. The van der Waals surface area contributed by atoms with Gasteiger partial charge in [-0.1, -0.05) is 13.8 Å². The van der Waals surface area contributed by atoms with Crippen molar-refractivity contribution in [2.24, 2.45) is 17.3 Å². The SMILES string of the molecule is C[C@H]1[C@@H](NC(=O)OC(C)(C)C)[C@@]2(C)CC[C@H]1C(=O)C2. The molecule has 0 aromatic rings. The van der Waals surface area contributed by atoms with Gasteiger partial charge in [0.1, 0.15) is 11.4 Å². The highest BCUT2D eigenvalue weighted by Crippen LogP contribution is 2.51. The van der Waals surface area contributed by atoms with Crippen LogP contribution in [0.3, 0.4) is 0 Å². The van der Waals surface area contributed by atoms with E-state index >= 15 is 0 Å². The molecular formula is C15H25NO3. The Morgan fingerprint density at radius 1 is 1.42 bits per heavy atom. The molecule has 1 N–H and O–H groups in total. The Balaban J connectivity index is 2.08. The van der Waals surface area contributed by atoms with Crippen LogP contribution >= 0.6 is 0 Å². The summed E-state index contributed by atoms with van der Waals surface area (Å²) in [4.78, 5) is 23.9. The first-order chi connectivity index (χ1) is 8.62. The first-order valence-corrected chi connectivity index (χ1v) is 7.15. The van der Waals surface area contributed by atoms with Gasteiger partial charge < -0.3 is 10.1 Å². The highest BCUT2D eigenvalue weighted by Gasteiger charge is 2.53. The number of hydrogen-bond donors (Lipinski definition) is 1. The molecule has 0 heterocycles. The van der Waals surface area contributed by atoms with Gasteiger partial charge in [-0.25, -0.2) is 4.79 Å². The normalized spacial score (nSPS) is 38.2. The summed E-state index contributed by atoms with van der Waals surface area (Å²) in [5.41, 5.74) is -0.597. The first-order valence-electron chi connectivity index (χ1n) is 7.15. The van der Waals surface area contributed by atoms with Gasteiger partial charge in [0.25, 0.3) is 0 Å². The molecule has 0 aliphatic heterocycles. The predicted molar refractivity (Wildman–Crippen MR) is 72.8 cm³/mol. The number of amides is 1. The molecule has 4 atom stereocenters. The molecule has 3 aliphatic rings. The van der Waals surface area contributed by atoms with E-state index < -0.39 is 5.60 Å². The zero-order chi connectivity index (χ0) is 14.4. The van der Waals surface area contributed by atoms with Gasteiger partial charge in [-0.2, -0.15) is 0 Å². The second kappa shape index (κ2) is 4.50. The van der Waals surface area contributed by atoms with Crippen molar-refractivity contribution in [1.82, 2.24) is 5.32 Å². The summed E-state index contributed by atoms with van der Waals surface area (Å²) in [7, 11) is 0. The average molecular weight is 267 g/mol. The number of hydrogen-bond acceptors (Lipinski definition) is 3. The molecule has 0 aromatic carbocycles. The number of ether oxygens (including phenoxy) is 1. The maximum atomic E-state index is 12.0. The summed E-state index contributed by atoms with van der Waals surface area (Å²) in [6, 6.07) is 0.0406. The highest BCUT2D eigenvalue weighted by molar-refractivity contribution is 5.84. The standard InChI is InChI=1S/C15H25NO3/c1-9-10-6-7-15(5,8-11(10)17)12(9)16-13(18)19-14(2,3)4/h9-10,12H,6-8H2,1-5H3,(H,16,18)/t9-,10-,12-,15+/m1/s1. The number of carbonyl (C=O) groups is 2. The lowest BCUT2D eigenvalue weighted by Gasteiger charge is -2.53. The summed E-state index contributed by atoms with van der Waals surface area (Å²) >= 11 is 0. The minimum atomic E-state index is -0.488. The number of carbonyl (C=O) groups excluding carboxylic acids is 2. The van der Waals surface area contributed by atoms with Crippen LogP contribution in [0.4, 0.5) is 4.79 Å². The summed E-state index contributed by atoms with van der Waals surface area (Å²) in [5.74, 6) is 0.678. The van der Waals surface area contributed by atoms with Gasteiger partial charge in [0.15, 0.2) is 0 Å². The van der Waals surface area contributed by atoms with E-state index in [1.54, 1.807) is 0 Å². The number of alkyl carbamates (subject to hydrolysis) is 1. The quantitative estimate of drug-likeness (QED) is 0.794. The van der Waals surface area contributed by atoms with Crippen LogP contribution in [0.25, 0.3) is 0 Å². The fourth-order valence-corrected chi connectivity index (χ4v) is 3.69. The van der Waals surface area contributed by atoms with E-state index in [2.05, 4.69) is 19.2 Å². The van der Waals surface area contributed by atoms with Crippen molar-refractivity contribution >= 4 is 11.9 Å². The van der Waals surface area contributed by atoms with Gasteiger partial charge in [-0.15, -0.1) is 0 Å². The summed E-state index contributed by atoms with van der Waals surface area (Å²) in [6.45, 7) is 9.75. The molecular weight excluding hydrogens is 242 g/mol. The fraction of sp³-hybridized carbons (Fsp3) is 0.867. The van der Waals surface area contributed by atoms with E-state index in [-0.39, 0.29) is 29.4 Å². The van der Waals surface area contributed by atoms with Crippen molar-refractivity contribution in [2.45, 2.75) is 65.5 Å². The summed E-state index contributed by atoms with van der Waals surface area (Å²) in [6.07, 6.45) is 2.19. The molecule has 1 amide bonds. The second-order valence-electron chi connectivity index (χ2n) is 7.43. The van der Waals surface area contributed by atoms with Crippen molar-refractivity contribution in [2.75, 3.05) is 0 Å². The lowest BCUT2D eigenvalue weighted by molar-refractivity contribution is -0.139. The van der Waals surface area contributed by atoms with Crippen molar-refractivity contribution in [3.63, 3.8) is 0 Å². The highest BCUT2D eigenvalue weighted by atomic mass is 16.6. The number of fused-ring (bicyclic) bond motifs is 3. The number of rotatable bonds is 1. The number of Topliss-reactive ketones (excluding diaryl/α,β-unsaturated/α-hetero) is 1. The topological polar surface area (TPSA) is 55.4 Å². The minimum absolute atomic E-state index is 0.0406. The Hall–Kier alpha value is -1.06. The van der Waals surface area contributed by atoms with Crippen molar-refractivity contribution in [3.05, 3.63) is 0 Å². The Morgan fingerprint density at radius 2 is 2.05 bits per heavy atom. The van der Waals surface area contributed by atoms with Crippen LogP contribution in [-0.4, -0.2) is 23.5 Å². The Morgan fingerprint density at radius 3 is 2.53 bits per heavy atom. The molecule has 0 aromatic heterocycles. The van der Waals surface area contributed by atoms with Crippen LogP contribution in [-0.2, 0) is 9.53 Å². The molecule has 108 valence electrons. The maximum Gasteiger partial charge on any atom is 0.407 e. The fourth-order valence-electron chi connectivity index (χ4n) is 3.69. The Bertz CT molecular complexity index is 399. The summed E-state index contributed by atoms with van der Waals surface area (Å²) < 4.78 is 5.33. The van der Waals surface area contributed by atoms with Crippen LogP contribution in [0.2, 0.25) is 0 Å².